The van der Waals surface area contributed by atoms with E-state index >= 15 is 0 Å². The van der Waals surface area contributed by atoms with Crippen molar-refractivity contribution in [3.05, 3.63) is 24.1 Å². The summed E-state index contributed by atoms with van der Waals surface area (Å²) in [5, 5.41) is 11.5. The van der Waals surface area contributed by atoms with Gasteiger partial charge in [0.1, 0.15) is 11.2 Å². The minimum atomic E-state index is -1.23. The van der Waals surface area contributed by atoms with Gasteiger partial charge >= 0.3 is 5.97 Å². The first-order valence-electron chi connectivity index (χ1n) is 5.13. The van der Waals surface area contributed by atoms with E-state index in [1.165, 1.54) is 18.2 Å². The molecule has 0 saturated heterocycles. The molecule has 0 bridgehead atoms. The molecular formula is C11H12FNO3. The van der Waals surface area contributed by atoms with Crippen LogP contribution in [0.1, 0.15) is 19.3 Å². The SMILES string of the molecule is O=C(O)C1(C(=O)NC2C=CC(F)=CC2)CC1. The maximum atomic E-state index is 12.6. The Labute approximate surface area is 91.8 Å². The molecule has 2 aliphatic carbocycles. The molecule has 1 amide bonds. The zero-order valence-electron chi connectivity index (χ0n) is 8.57. The van der Waals surface area contributed by atoms with E-state index in [1.54, 1.807) is 0 Å². The molecule has 1 saturated carbocycles. The van der Waals surface area contributed by atoms with E-state index in [9.17, 15) is 14.0 Å². The van der Waals surface area contributed by atoms with Crippen molar-refractivity contribution in [2.45, 2.75) is 25.3 Å². The third kappa shape index (κ3) is 1.85. The summed E-state index contributed by atoms with van der Waals surface area (Å²) in [6, 6.07) is -0.302. The number of halogens is 1. The fraction of sp³-hybridized carbons (Fsp3) is 0.455. The van der Waals surface area contributed by atoms with E-state index < -0.39 is 17.3 Å². The average molecular weight is 225 g/mol. The third-order valence-corrected chi connectivity index (χ3v) is 2.97. The highest BCUT2D eigenvalue weighted by Gasteiger charge is 2.57. The van der Waals surface area contributed by atoms with Crippen LogP contribution in [0.15, 0.2) is 24.1 Å². The highest BCUT2D eigenvalue weighted by molar-refractivity contribution is 6.05. The number of hydrogen-bond donors (Lipinski definition) is 2. The van der Waals surface area contributed by atoms with Crippen LogP contribution >= 0.6 is 0 Å². The molecule has 86 valence electrons. The number of amides is 1. The fourth-order valence-corrected chi connectivity index (χ4v) is 1.67. The average Bonchev–Trinajstić information content (AvgIpc) is 3.02. The van der Waals surface area contributed by atoms with Crippen LogP contribution < -0.4 is 5.32 Å². The number of nitrogens with one attached hydrogen (secondary N) is 1. The quantitative estimate of drug-likeness (QED) is 0.708. The minimum Gasteiger partial charge on any atom is -0.480 e. The van der Waals surface area contributed by atoms with Crippen LogP contribution in [-0.2, 0) is 9.59 Å². The molecule has 1 atom stereocenters. The summed E-state index contributed by atoms with van der Waals surface area (Å²) in [6.45, 7) is 0. The predicted octanol–water partition coefficient (Wildman–Crippen LogP) is 1.15. The van der Waals surface area contributed by atoms with Gasteiger partial charge in [0.25, 0.3) is 0 Å². The Morgan fingerprint density at radius 2 is 2.19 bits per heavy atom. The zero-order valence-corrected chi connectivity index (χ0v) is 8.57. The molecule has 0 aromatic rings. The number of aliphatic carboxylic acids is 1. The lowest BCUT2D eigenvalue weighted by atomic mass is 10.0. The zero-order chi connectivity index (χ0) is 11.8. The number of carboxylic acids is 1. The van der Waals surface area contributed by atoms with E-state index in [4.69, 9.17) is 5.11 Å². The molecule has 0 aliphatic heterocycles. The van der Waals surface area contributed by atoms with E-state index in [0.29, 0.717) is 19.3 Å². The summed E-state index contributed by atoms with van der Waals surface area (Å²) in [5.74, 6) is -1.87. The van der Waals surface area contributed by atoms with Crippen molar-refractivity contribution in [1.29, 1.82) is 0 Å². The maximum absolute atomic E-state index is 12.6. The Balaban J connectivity index is 1.95. The molecule has 5 heteroatoms. The molecule has 0 radical (unpaired) electrons. The van der Waals surface area contributed by atoms with Gasteiger partial charge in [-0.3, -0.25) is 9.59 Å². The van der Waals surface area contributed by atoms with Crippen LogP contribution in [0.4, 0.5) is 4.39 Å². The molecule has 16 heavy (non-hydrogen) atoms. The third-order valence-electron chi connectivity index (χ3n) is 2.97. The van der Waals surface area contributed by atoms with Gasteiger partial charge < -0.3 is 10.4 Å². The first kappa shape index (κ1) is 10.9. The molecule has 2 aliphatic rings. The Morgan fingerprint density at radius 1 is 1.50 bits per heavy atom. The standard InChI is InChI=1S/C11H12FNO3/c12-7-1-3-8(4-2-7)13-9(14)11(5-6-11)10(15)16/h1-3,8H,4-6H2,(H,13,14)(H,15,16). The summed E-state index contributed by atoms with van der Waals surface area (Å²) < 4.78 is 12.6. The summed E-state index contributed by atoms with van der Waals surface area (Å²) in [5.41, 5.74) is -1.23. The van der Waals surface area contributed by atoms with Crippen molar-refractivity contribution in [2.75, 3.05) is 0 Å². The molecule has 0 aromatic heterocycles. The molecule has 2 N–H and O–H groups in total. The number of carbonyl (C=O) groups is 2. The number of hydrogen-bond acceptors (Lipinski definition) is 2. The van der Waals surface area contributed by atoms with Gasteiger partial charge in [-0.2, -0.15) is 0 Å². The van der Waals surface area contributed by atoms with Crippen molar-refractivity contribution in [1.82, 2.24) is 5.32 Å². The summed E-state index contributed by atoms with van der Waals surface area (Å²) in [6.07, 6.45) is 5.30. The van der Waals surface area contributed by atoms with Crippen molar-refractivity contribution in [3.63, 3.8) is 0 Å². The molecule has 0 aromatic carbocycles. The number of carbonyl (C=O) groups excluding carboxylic acids is 1. The molecule has 2 rings (SSSR count). The minimum absolute atomic E-state index is 0.302. The van der Waals surface area contributed by atoms with Crippen LogP contribution in [-0.4, -0.2) is 23.0 Å². The van der Waals surface area contributed by atoms with Crippen LogP contribution in [0, 0.1) is 5.41 Å². The Hall–Kier alpha value is -1.65. The van der Waals surface area contributed by atoms with E-state index in [0.717, 1.165) is 0 Å². The summed E-state index contributed by atoms with van der Waals surface area (Å²) in [4.78, 5) is 22.5. The first-order valence-corrected chi connectivity index (χ1v) is 5.13. The molecule has 0 heterocycles. The van der Waals surface area contributed by atoms with Gasteiger partial charge in [-0.05, 0) is 31.4 Å². The summed E-state index contributed by atoms with van der Waals surface area (Å²) >= 11 is 0. The van der Waals surface area contributed by atoms with Crippen LogP contribution in [0.3, 0.4) is 0 Å². The van der Waals surface area contributed by atoms with Gasteiger partial charge in [0, 0.05) is 0 Å². The van der Waals surface area contributed by atoms with Gasteiger partial charge in [0.15, 0.2) is 0 Å². The smallest absolute Gasteiger partial charge is 0.319 e. The van der Waals surface area contributed by atoms with E-state index in [1.807, 2.05) is 0 Å². The number of rotatable bonds is 3. The fourth-order valence-electron chi connectivity index (χ4n) is 1.67. The van der Waals surface area contributed by atoms with Crippen molar-refractivity contribution < 1.29 is 19.1 Å². The van der Waals surface area contributed by atoms with Gasteiger partial charge in [0.2, 0.25) is 5.91 Å². The molecule has 1 unspecified atom stereocenters. The normalized spacial score (nSPS) is 25.8. The Kier molecular flexibility index (Phi) is 2.53. The number of allylic oxidation sites excluding steroid dienone is 2. The van der Waals surface area contributed by atoms with Crippen LogP contribution in [0.5, 0.6) is 0 Å². The van der Waals surface area contributed by atoms with Crippen molar-refractivity contribution in [3.8, 4) is 0 Å². The molecular weight excluding hydrogens is 213 g/mol. The van der Waals surface area contributed by atoms with Gasteiger partial charge in [-0.15, -0.1) is 0 Å². The predicted molar refractivity (Wildman–Crippen MR) is 54.2 cm³/mol. The van der Waals surface area contributed by atoms with E-state index in [2.05, 4.69) is 5.32 Å². The highest BCUT2D eigenvalue weighted by Crippen LogP contribution is 2.46. The largest absolute Gasteiger partial charge is 0.480 e. The molecule has 0 spiro atoms. The topological polar surface area (TPSA) is 66.4 Å². The van der Waals surface area contributed by atoms with Gasteiger partial charge in [-0.1, -0.05) is 6.08 Å². The monoisotopic (exact) mass is 225 g/mol. The lowest BCUT2D eigenvalue weighted by Gasteiger charge is -2.18. The van der Waals surface area contributed by atoms with Gasteiger partial charge in [0.05, 0.1) is 6.04 Å². The molecule has 1 fully saturated rings. The summed E-state index contributed by atoms with van der Waals surface area (Å²) in [7, 11) is 0. The van der Waals surface area contributed by atoms with Crippen LogP contribution in [0.25, 0.3) is 0 Å². The second-order valence-electron chi connectivity index (χ2n) is 4.15. The number of carboxylic acid groups (broad SMARTS) is 1. The van der Waals surface area contributed by atoms with Crippen molar-refractivity contribution >= 4 is 11.9 Å². The van der Waals surface area contributed by atoms with Crippen molar-refractivity contribution in [2.24, 2.45) is 5.41 Å². The van der Waals surface area contributed by atoms with E-state index in [-0.39, 0.29) is 11.9 Å². The lowest BCUT2D eigenvalue weighted by molar-refractivity contribution is -0.149. The maximum Gasteiger partial charge on any atom is 0.319 e. The lowest BCUT2D eigenvalue weighted by Crippen LogP contribution is -2.42. The second kappa shape index (κ2) is 3.73. The van der Waals surface area contributed by atoms with Crippen LogP contribution in [0.2, 0.25) is 0 Å². The second-order valence-corrected chi connectivity index (χ2v) is 4.15. The highest BCUT2D eigenvalue weighted by atomic mass is 19.1. The van der Waals surface area contributed by atoms with Gasteiger partial charge in [-0.25, -0.2) is 4.39 Å². The Bertz CT molecular complexity index is 396. The Morgan fingerprint density at radius 3 is 2.62 bits per heavy atom. The first-order chi connectivity index (χ1) is 7.54. The molecule has 4 nitrogen and oxygen atoms in total.